The van der Waals surface area contributed by atoms with Gasteiger partial charge in [-0.1, -0.05) is 31.5 Å². The Kier molecular flexibility index (Phi) is 3.27. The molecule has 1 rings (SSSR count). The molecule has 0 bridgehead atoms. The highest BCUT2D eigenvalue weighted by molar-refractivity contribution is 6.35. The van der Waals surface area contributed by atoms with E-state index >= 15 is 0 Å². The third kappa shape index (κ3) is 1.94. The number of Topliss-reactive ketones (excluding diaryl/α,β-unsaturated/α-hetero) is 1. The van der Waals surface area contributed by atoms with Crippen molar-refractivity contribution < 1.29 is 4.79 Å². The minimum Gasteiger partial charge on any atom is -0.294 e. The lowest BCUT2D eigenvalue weighted by atomic mass is 9.99. The van der Waals surface area contributed by atoms with E-state index in [2.05, 4.69) is 0 Å². The maximum absolute atomic E-state index is 11.6. The Morgan fingerprint density at radius 1 is 1.50 bits per heavy atom. The third-order valence-electron chi connectivity index (χ3n) is 1.91. The molecule has 0 amide bonds. The van der Waals surface area contributed by atoms with Crippen molar-refractivity contribution in [3.63, 3.8) is 0 Å². The van der Waals surface area contributed by atoms with Crippen molar-refractivity contribution in [2.75, 3.05) is 0 Å². The molecule has 0 aliphatic rings. The van der Waals surface area contributed by atoms with Gasteiger partial charge in [0.25, 0.3) is 0 Å². The minimum absolute atomic E-state index is 0.0351. The molecule has 0 aromatic heterocycles. The number of hydrogen-bond acceptors (Lipinski definition) is 2. The third-order valence-corrected chi connectivity index (χ3v) is 2.32. The highest BCUT2D eigenvalue weighted by Gasteiger charge is 2.15. The van der Waals surface area contributed by atoms with E-state index in [1.165, 1.54) is 0 Å². The molecule has 0 saturated heterocycles. The van der Waals surface area contributed by atoms with Crippen LogP contribution in [0.1, 0.15) is 29.8 Å². The van der Waals surface area contributed by atoms with Crippen molar-refractivity contribution >= 4 is 17.4 Å². The predicted molar refractivity (Wildman–Crippen MR) is 55.3 cm³/mol. The fourth-order valence-electron chi connectivity index (χ4n) is 1.12. The number of carbonyl (C=O) groups is 1. The van der Waals surface area contributed by atoms with Crippen LogP contribution in [0, 0.1) is 17.2 Å². The molecule has 0 saturated carbocycles. The topological polar surface area (TPSA) is 40.9 Å². The summed E-state index contributed by atoms with van der Waals surface area (Å²) in [7, 11) is 0. The number of rotatable bonds is 2. The van der Waals surface area contributed by atoms with E-state index in [-0.39, 0.29) is 16.7 Å². The normalized spacial score (nSPS) is 9.93. The van der Waals surface area contributed by atoms with E-state index < -0.39 is 0 Å². The zero-order valence-electron chi connectivity index (χ0n) is 8.04. The summed E-state index contributed by atoms with van der Waals surface area (Å²) < 4.78 is 0. The average Bonchev–Trinajstić information content (AvgIpc) is 2.17. The SMILES string of the molecule is CC(C)C(=O)c1cccc(C#N)c1Cl. The summed E-state index contributed by atoms with van der Waals surface area (Å²) >= 11 is 5.90. The second kappa shape index (κ2) is 4.26. The van der Waals surface area contributed by atoms with Crippen molar-refractivity contribution in [3.8, 4) is 6.07 Å². The van der Waals surface area contributed by atoms with Crippen LogP contribution in [-0.2, 0) is 0 Å². The summed E-state index contributed by atoms with van der Waals surface area (Å²) in [6, 6.07) is 6.85. The van der Waals surface area contributed by atoms with E-state index in [1.807, 2.05) is 6.07 Å². The number of carbonyl (C=O) groups excluding carboxylic acids is 1. The number of halogens is 1. The molecular weight excluding hydrogens is 198 g/mol. The molecule has 0 unspecified atom stereocenters. The van der Waals surface area contributed by atoms with Gasteiger partial charge in [-0.3, -0.25) is 4.79 Å². The fraction of sp³-hybridized carbons (Fsp3) is 0.273. The maximum Gasteiger partial charge on any atom is 0.166 e. The number of hydrogen-bond donors (Lipinski definition) is 0. The second-order valence-electron chi connectivity index (χ2n) is 3.30. The molecule has 0 heterocycles. The number of nitriles is 1. The smallest absolute Gasteiger partial charge is 0.166 e. The Labute approximate surface area is 88.1 Å². The van der Waals surface area contributed by atoms with Crippen LogP contribution in [0.2, 0.25) is 5.02 Å². The van der Waals surface area contributed by atoms with Crippen LogP contribution in [-0.4, -0.2) is 5.78 Å². The van der Waals surface area contributed by atoms with E-state index in [9.17, 15) is 4.79 Å². The molecule has 0 atom stereocenters. The highest BCUT2D eigenvalue weighted by atomic mass is 35.5. The molecule has 0 aliphatic carbocycles. The molecule has 14 heavy (non-hydrogen) atoms. The fourth-order valence-corrected chi connectivity index (χ4v) is 1.38. The molecule has 3 heteroatoms. The Balaban J connectivity index is 3.24. The van der Waals surface area contributed by atoms with Gasteiger partial charge < -0.3 is 0 Å². The van der Waals surface area contributed by atoms with Crippen LogP contribution >= 0.6 is 11.6 Å². The molecule has 1 aromatic rings. The quantitative estimate of drug-likeness (QED) is 0.700. The summed E-state index contributed by atoms with van der Waals surface area (Å²) in [6.45, 7) is 3.61. The largest absolute Gasteiger partial charge is 0.294 e. The van der Waals surface area contributed by atoms with Crippen molar-refractivity contribution in [2.45, 2.75) is 13.8 Å². The molecule has 0 aliphatic heterocycles. The summed E-state index contributed by atoms with van der Waals surface area (Å²) in [5.41, 5.74) is 0.777. The molecule has 0 fully saturated rings. The summed E-state index contributed by atoms with van der Waals surface area (Å²) in [4.78, 5) is 11.6. The molecule has 0 spiro atoms. The van der Waals surface area contributed by atoms with E-state index in [4.69, 9.17) is 16.9 Å². The minimum atomic E-state index is -0.110. The standard InChI is InChI=1S/C11H10ClNO/c1-7(2)11(14)9-5-3-4-8(6-13)10(9)12/h3-5,7H,1-2H3. The van der Waals surface area contributed by atoms with E-state index in [1.54, 1.807) is 32.0 Å². The van der Waals surface area contributed by atoms with Crippen LogP contribution in [0.4, 0.5) is 0 Å². The number of benzene rings is 1. The van der Waals surface area contributed by atoms with Crippen LogP contribution in [0.15, 0.2) is 18.2 Å². The summed E-state index contributed by atoms with van der Waals surface area (Å²) in [5.74, 6) is -0.145. The van der Waals surface area contributed by atoms with Gasteiger partial charge >= 0.3 is 0 Å². The highest BCUT2D eigenvalue weighted by Crippen LogP contribution is 2.22. The van der Waals surface area contributed by atoms with Gasteiger partial charge in [-0.15, -0.1) is 0 Å². The summed E-state index contributed by atoms with van der Waals surface area (Å²) in [6.07, 6.45) is 0. The molecule has 0 N–H and O–H groups in total. The molecule has 2 nitrogen and oxygen atoms in total. The Morgan fingerprint density at radius 2 is 2.14 bits per heavy atom. The lowest BCUT2D eigenvalue weighted by Gasteiger charge is -2.06. The first kappa shape index (κ1) is 10.7. The zero-order chi connectivity index (χ0) is 10.7. The van der Waals surface area contributed by atoms with Crippen molar-refractivity contribution in [1.82, 2.24) is 0 Å². The van der Waals surface area contributed by atoms with Gasteiger partial charge in [0.1, 0.15) is 6.07 Å². The van der Waals surface area contributed by atoms with Gasteiger partial charge in [0.15, 0.2) is 5.78 Å². The van der Waals surface area contributed by atoms with Crippen molar-refractivity contribution in [1.29, 1.82) is 5.26 Å². The van der Waals surface area contributed by atoms with Gasteiger partial charge in [0.05, 0.1) is 10.6 Å². The number of nitrogens with zero attached hydrogens (tertiary/aromatic N) is 1. The first-order valence-electron chi connectivity index (χ1n) is 4.30. The average molecular weight is 208 g/mol. The predicted octanol–water partition coefficient (Wildman–Crippen LogP) is 3.05. The van der Waals surface area contributed by atoms with E-state index in [0.29, 0.717) is 11.1 Å². The van der Waals surface area contributed by atoms with Gasteiger partial charge in [0, 0.05) is 11.5 Å². The van der Waals surface area contributed by atoms with Gasteiger partial charge in [-0.05, 0) is 12.1 Å². The molecule has 0 radical (unpaired) electrons. The Bertz CT molecular complexity index is 404. The number of ketones is 1. The summed E-state index contributed by atoms with van der Waals surface area (Å²) in [5, 5.41) is 8.98. The lowest BCUT2D eigenvalue weighted by Crippen LogP contribution is -2.08. The zero-order valence-corrected chi connectivity index (χ0v) is 8.80. The molecule has 1 aromatic carbocycles. The lowest BCUT2D eigenvalue weighted by molar-refractivity contribution is 0.0939. The Morgan fingerprint density at radius 3 is 2.64 bits per heavy atom. The van der Waals surface area contributed by atoms with Gasteiger partial charge in [-0.25, -0.2) is 0 Å². The van der Waals surface area contributed by atoms with Crippen LogP contribution in [0.5, 0.6) is 0 Å². The molecular formula is C11H10ClNO. The monoisotopic (exact) mass is 207 g/mol. The molecule has 72 valence electrons. The first-order chi connectivity index (χ1) is 6.57. The Hall–Kier alpha value is -1.33. The van der Waals surface area contributed by atoms with Gasteiger partial charge in [0.2, 0.25) is 0 Å². The van der Waals surface area contributed by atoms with Crippen LogP contribution < -0.4 is 0 Å². The first-order valence-corrected chi connectivity index (χ1v) is 4.68. The van der Waals surface area contributed by atoms with Crippen LogP contribution in [0.3, 0.4) is 0 Å². The maximum atomic E-state index is 11.6. The van der Waals surface area contributed by atoms with Crippen molar-refractivity contribution in [2.24, 2.45) is 5.92 Å². The van der Waals surface area contributed by atoms with Crippen molar-refractivity contribution in [3.05, 3.63) is 34.3 Å². The van der Waals surface area contributed by atoms with E-state index in [0.717, 1.165) is 0 Å². The second-order valence-corrected chi connectivity index (χ2v) is 3.68. The van der Waals surface area contributed by atoms with Gasteiger partial charge in [-0.2, -0.15) is 5.26 Å². The van der Waals surface area contributed by atoms with Crippen LogP contribution in [0.25, 0.3) is 0 Å².